The Bertz CT molecular complexity index is 1060. The van der Waals surface area contributed by atoms with Crippen LogP contribution in [0.25, 0.3) is 6.08 Å². The van der Waals surface area contributed by atoms with Gasteiger partial charge in [0.25, 0.3) is 0 Å². The predicted molar refractivity (Wildman–Crippen MR) is 119 cm³/mol. The van der Waals surface area contributed by atoms with Crippen molar-refractivity contribution in [3.63, 3.8) is 0 Å². The molecule has 9 heteroatoms. The second-order valence-electron chi connectivity index (χ2n) is 6.71. The Kier molecular flexibility index (Phi) is 7.30. The van der Waals surface area contributed by atoms with Gasteiger partial charge < -0.3 is 14.8 Å². The van der Waals surface area contributed by atoms with E-state index in [1.165, 1.54) is 23.6 Å². The van der Waals surface area contributed by atoms with Crippen LogP contribution in [-0.2, 0) is 19.6 Å². The zero-order valence-electron chi connectivity index (χ0n) is 16.7. The van der Waals surface area contributed by atoms with Gasteiger partial charge in [-0.25, -0.2) is 8.42 Å². The van der Waals surface area contributed by atoms with Crippen molar-refractivity contribution in [2.75, 3.05) is 38.7 Å². The van der Waals surface area contributed by atoms with Gasteiger partial charge in [-0.1, -0.05) is 22.0 Å². The molecule has 1 heterocycles. The highest BCUT2D eigenvalue weighted by molar-refractivity contribution is 9.10. The molecule has 0 spiro atoms. The summed E-state index contributed by atoms with van der Waals surface area (Å²) >= 11 is 3.39. The van der Waals surface area contributed by atoms with Crippen LogP contribution in [0.4, 0.5) is 5.69 Å². The molecule has 0 aliphatic carbocycles. The van der Waals surface area contributed by atoms with Gasteiger partial charge in [-0.3, -0.25) is 4.79 Å². The van der Waals surface area contributed by atoms with E-state index in [1.807, 2.05) is 25.1 Å². The zero-order valence-corrected chi connectivity index (χ0v) is 19.1. The predicted octanol–water partition coefficient (Wildman–Crippen LogP) is 3.44. The molecule has 2 aromatic rings. The molecule has 0 saturated carbocycles. The molecule has 0 bridgehead atoms. The average Bonchev–Trinajstić information content (AvgIpc) is 2.74. The van der Waals surface area contributed by atoms with E-state index >= 15 is 0 Å². The first-order chi connectivity index (χ1) is 14.3. The van der Waals surface area contributed by atoms with Crippen LogP contribution in [0, 0.1) is 6.92 Å². The van der Waals surface area contributed by atoms with Gasteiger partial charge in [-0.2, -0.15) is 4.31 Å². The maximum Gasteiger partial charge on any atom is 0.248 e. The minimum Gasteiger partial charge on any atom is -0.495 e. The summed E-state index contributed by atoms with van der Waals surface area (Å²) in [5.74, 6) is -0.0533. The third-order valence-electron chi connectivity index (χ3n) is 4.65. The maximum atomic E-state index is 13.0. The number of nitrogens with one attached hydrogen (secondary N) is 1. The highest BCUT2D eigenvalue weighted by atomic mass is 79.9. The summed E-state index contributed by atoms with van der Waals surface area (Å²) in [6.07, 6.45) is 2.94. The minimum absolute atomic E-state index is 0.0678. The van der Waals surface area contributed by atoms with Crippen molar-refractivity contribution < 1.29 is 22.7 Å². The highest BCUT2D eigenvalue weighted by Gasteiger charge is 2.29. The van der Waals surface area contributed by atoms with E-state index in [0.29, 0.717) is 37.6 Å². The number of carbonyl (C=O) groups is 1. The molecule has 7 nitrogen and oxygen atoms in total. The summed E-state index contributed by atoms with van der Waals surface area (Å²) in [4.78, 5) is 12.4. The van der Waals surface area contributed by atoms with Crippen molar-refractivity contribution in [1.29, 1.82) is 0 Å². The molecule has 1 aliphatic heterocycles. The molecule has 1 amide bonds. The first kappa shape index (κ1) is 22.5. The molecular weight excluding hydrogens is 472 g/mol. The number of benzene rings is 2. The first-order valence-corrected chi connectivity index (χ1v) is 11.6. The van der Waals surface area contributed by atoms with Crippen LogP contribution in [0.5, 0.6) is 5.75 Å². The standard InChI is InChI=1S/C21H23BrN2O5S/c1-15-13-17(22)5-6-18(15)23-21(25)8-4-16-3-7-19(28-2)20(14-16)30(26,27)24-9-11-29-12-10-24/h3-8,13-14H,9-12H2,1-2H3,(H,23,25). The number of methoxy groups -OCH3 is 1. The molecule has 0 radical (unpaired) electrons. The second kappa shape index (κ2) is 9.74. The van der Waals surface area contributed by atoms with E-state index in [4.69, 9.17) is 9.47 Å². The Morgan fingerprint density at radius 3 is 2.60 bits per heavy atom. The smallest absolute Gasteiger partial charge is 0.248 e. The SMILES string of the molecule is COc1ccc(C=CC(=O)Nc2ccc(Br)cc2C)cc1S(=O)(=O)N1CCOCC1. The first-order valence-electron chi connectivity index (χ1n) is 9.32. The number of carbonyl (C=O) groups excluding carboxylic acids is 1. The second-order valence-corrected chi connectivity index (χ2v) is 9.53. The number of halogens is 1. The summed E-state index contributed by atoms with van der Waals surface area (Å²) in [5, 5.41) is 2.82. The van der Waals surface area contributed by atoms with Gasteiger partial charge in [-0.05, 0) is 54.5 Å². The molecule has 1 aliphatic rings. The number of nitrogens with zero attached hydrogens (tertiary/aromatic N) is 1. The Morgan fingerprint density at radius 2 is 1.93 bits per heavy atom. The van der Waals surface area contributed by atoms with E-state index in [-0.39, 0.29) is 16.6 Å². The largest absolute Gasteiger partial charge is 0.495 e. The van der Waals surface area contributed by atoms with Crippen molar-refractivity contribution in [1.82, 2.24) is 4.31 Å². The summed E-state index contributed by atoms with van der Waals surface area (Å²) in [5.41, 5.74) is 2.21. The molecule has 0 atom stereocenters. The molecule has 0 aromatic heterocycles. The van der Waals surface area contributed by atoms with Crippen molar-refractivity contribution in [2.24, 2.45) is 0 Å². The zero-order chi connectivity index (χ0) is 21.7. The fourth-order valence-corrected chi connectivity index (χ4v) is 5.11. The average molecular weight is 495 g/mol. The topological polar surface area (TPSA) is 84.9 Å². The quantitative estimate of drug-likeness (QED) is 0.621. The van der Waals surface area contributed by atoms with E-state index in [1.54, 1.807) is 18.2 Å². The number of rotatable bonds is 6. The van der Waals surface area contributed by atoms with Crippen LogP contribution in [0.3, 0.4) is 0 Å². The Hall–Kier alpha value is -2.20. The van der Waals surface area contributed by atoms with Crippen LogP contribution >= 0.6 is 15.9 Å². The number of ether oxygens (including phenoxy) is 2. The van der Waals surface area contributed by atoms with Gasteiger partial charge in [-0.15, -0.1) is 0 Å². The third-order valence-corrected chi connectivity index (χ3v) is 7.06. The highest BCUT2D eigenvalue weighted by Crippen LogP contribution is 2.29. The number of aryl methyl sites for hydroxylation is 1. The molecule has 3 rings (SSSR count). The number of hydrogen-bond acceptors (Lipinski definition) is 5. The fourth-order valence-electron chi connectivity index (χ4n) is 3.04. The summed E-state index contributed by atoms with van der Waals surface area (Å²) in [6, 6.07) is 10.4. The van der Waals surface area contributed by atoms with Gasteiger partial charge in [0.05, 0.1) is 20.3 Å². The van der Waals surface area contributed by atoms with Crippen LogP contribution in [-0.4, -0.2) is 52.0 Å². The van der Waals surface area contributed by atoms with Gasteiger partial charge in [0, 0.05) is 29.3 Å². The molecule has 0 unspecified atom stereocenters. The lowest BCUT2D eigenvalue weighted by Crippen LogP contribution is -2.40. The van der Waals surface area contributed by atoms with E-state index in [2.05, 4.69) is 21.2 Å². The minimum atomic E-state index is -3.73. The normalized spacial score (nSPS) is 15.3. The summed E-state index contributed by atoms with van der Waals surface area (Å²) in [6.45, 7) is 3.20. The van der Waals surface area contributed by atoms with Gasteiger partial charge in [0.1, 0.15) is 10.6 Å². The van der Waals surface area contributed by atoms with E-state index in [0.717, 1.165) is 10.0 Å². The molecule has 2 aromatic carbocycles. The van der Waals surface area contributed by atoms with Crippen LogP contribution in [0.2, 0.25) is 0 Å². The maximum absolute atomic E-state index is 13.0. The van der Waals surface area contributed by atoms with Crippen LogP contribution in [0.1, 0.15) is 11.1 Å². The fraction of sp³-hybridized carbons (Fsp3) is 0.286. The molecule has 1 N–H and O–H groups in total. The number of anilines is 1. The molecule has 1 saturated heterocycles. The Morgan fingerprint density at radius 1 is 1.20 bits per heavy atom. The lowest BCUT2D eigenvalue weighted by atomic mass is 10.2. The van der Waals surface area contributed by atoms with Crippen molar-refractivity contribution in [3.05, 3.63) is 58.1 Å². The number of sulfonamides is 1. The monoisotopic (exact) mass is 494 g/mol. The Labute approximate surface area is 184 Å². The van der Waals surface area contributed by atoms with Crippen LogP contribution < -0.4 is 10.1 Å². The van der Waals surface area contributed by atoms with Crippen molar-refractivity contribution in [3.8, 4) is 5.75 Å². The molecular formula is C21H23BrN2O5S. The third kappa shape index (κ3) is 5.28. The summed E-state index contributed by atoms with van der Waals surface area (Å²) in [7, 11) is -2.31. The van der Waals surface area contributed by atoms with Crippen molar-refractivity contribution >= 4 is 43.6 Å². The lowest BCUT2D eigenvalue weighted by Gasteiger charge is -2.26. The summed E-state index contributed by atoms with van der Waals surface area (Å²) < 4.78 is 38.9. The van der Waals surface area contributed by atoms with Gasteiger partial charge in [0.15, 0.2) is 0 Å². The number of amides is 1. The van der Waals surface area contributed by atoms with Gasteiger partial charge in [0.2, 0.25) is 15.9 Å². The Balaban J connectivity index is 1.81. The van der Waals surface area contributed by atoms with E-state index in [9.17, 15) is 13.2 Å². The number of hydrogen-bond donors (Lipinski definition) is 1. The molecule has 160 valence electrons. The molecule has 1 fully saturated rings. The van der Waals surface area contributed by atoms with Crippen molar-refractivity contribution in [2.45, 2.75) is 11.8 Å². The molecule has 30 heavy (non-hydrogen) atoms. The lowest BCUT2D eigenvalue weighted by molar-refractivity contribution is -0.111. The van der Waals surface area contributed by atoms with E-state index < -0.39 is 10.0 Å². The number of morpholine rings is 1. The van der Waals surface area contributed by atoms with Crippen LogP contribution in [0.15, 0.2) is 51.8 Å². The van der Waals surface area contributed by atoms with Gasteiger partial charge >= 0.3 is 0 Å².